The number of ether oxygens (including phenoxy) is 2. The first-order valence-corrected chi connectivity index (χ1v) is 13.6. The maximum atomic E-state index is 12.9. The number of aryl methyl sites for hydroxylation is 1. The van der Waals surface area contributed by atoms with Gasteiger partial charge in [0.15, 0.2) is 6.04 Å². The first-order chi connectivity index (χ1) is 16.6. The van der Waals surface area contributed by atoms with Crippen molar-refractivity contribution in [3.63, 3.8) is 0 Å². The van der Waals surface area contributed by atoms with Crippen LogP contribution in [0.2, 0.25) is 0 Å². The Labute approximate surface area is 219 Å². The summed E-state index contributed by atoms with van der Waals surface area (Å²) in [4.78, 5) is 12.9. The molecule has 36 heavy (non-hydrogen) atoms. The summed E-state index contributed by atoms with van der Waals surface area (Å²) in [5.41, 5.74) is 8.54. The van der Waals surface area contributed by atoms with Crippen molar-refractivity contribution >= 4 is 39.9 Å². The quantitative estimate of drug-likeness (QED) is 0.239. The molecule has 11 heteroatoms. The fraction of sp³-hybridized carbons (Fsp3) is 0.440. The van der Waals surface area contributed by atoms with Crippen molar-refractivity contribution in [2.75, 3.05) is 31.3 Å². The topological polar surface area (TPSA) is 135 Å². The van der Waals surface area contributed by atoms with Crippen LogP contribution in [-0.2, 0) is 26.0 Å². The second-order valence-electron chi connectivity index (χ2n) is 8.56. The number of nitrogens with two attached hydrogens (primary N) is 1. The summed E-state index contributed by atoms with van der Waals surface area (Å²) in [5.74, 6) is 0.197. The Balaban J connectivity index is 0.00000456. The Bertz CT molecular complexity index is 1150. The van der Waals surface area contributed by atoms with Gasteiger partial charge in [-0.25, -0.2) is 17.5 Å². The Hall–Kier alpha value is -2.82. The van der Waals surface area contributed by atoms with Crippen LogP contribution < -0.4 is 15.8 Å². The van der Waals surface area contributed by atoms with Crippen LogP contribution in [0.4, 0.5) is 5.69 Å². The van der Waals surface area contributed by atoms with Crippen LogP contribution >= 0.6 is 12.4 Å². The molecule has 1 fully saturated rings. The number of carbonyl (C=O) groups excluding carboxylic acids is 1. The molecule has 198 valence electrons. The number of benzene rings is 2. The zero-order valence-corrected chi connectivity index (χ0v) is 22.5. The smallest absolute Gasteiger partial charge is 0.333 e. The molecule has 1 heterocycles. The van der Waals surface area contributed by atoms with Crippen LogP contribution in [0.1, 0.15) is 49.4 Å². The second-order valence-corrected chi connectivity index (χ2v) is 10.5. The number of hydrogen-bond acceptors (Lipinski definition) is 7. The van der Waals surface area contributed by atoms with Crippen LogP contribution in [0.3, 0.4) is 0 Å². The van der Waals surface area contributed by atoms with E-state index in [1.54, 1.807) is 31.2 Å². The lowest BCUT2D eigenvalue weighted by Crippen LogP contribution is -2.41. The maximum Gasteiger partial charge on any atom is 0.333 e. The first-order valence-electron chi connectivity index (χ1n) is 11.7. The average Bonchev–Trinajstić information content (AvgIpc) is 2.82. The lowest BCUT2D eigenvalue weighted by Gasteiger charge is -2.30. The Kier molecular flexibility index (Phi) is 10.6. The van der Waals surface area contributed by atoms with Crippen molar-refractivity contribution in [2.45, 2.75) is 45.3 Å². The van der Waals surface area contributed by atoms with Gasteiger partial charge in [-0.2, -0.15) is 0 Å². The molecule has 4 N–H and O–H groups in total. The minimum atomic E-state index is -3.20. The number of amidine groups is 1. The molecule has 1 aliphatic rings. The van der Waals surface area contributed by atoms with Gasteiger partial charge in [0.05, 0.1) is 12.9 Å². The van der Waals surface area contributed by atoms with Gasteiger partial charge in [0.1, 0.15) is 17.7 Å². The first kappa shape index (κ1) is 29.4. The lowest BCUT2D eigenvalue weighted by molar-refractivity contribution is -0.144. The summed E-state index contributed by atoms with van der Waals surface area (Å²) >= 11 is 0. The molecule has 1 atom stereocenters. The van der Waals surface area contributed by atoms with Gasteiger partial charge in [0, 0.05) is 24.3 Å². The van der Waals surface area contributed by atoms with Gasteiger partial charge >= 0.3 is 5.97 Å². The highest BCUT2D eigenvalue weighted by Crippen LogP contribution is 2.29. The number of halogens is 1. The van der Waals surface area contributed by atoms with Crippen LogP contribution in [0, 0.1) is 5.41 Å². The largest absolute Gasteiger partial charge is 0.490 e. The molecule has 0 aromatic heterocycles. The van der Waals surface area contributed by atoms with Crippen LogP contribution in [0.5, 0.6) is 5.75 Å². The summed E-state index contributed by atoms with van der Waals surface area (Å²) in [5, 5.41) is 10.8. The number of esters is 1. The molecule has 0 bridgehead atoms. The molecule has 2 aromatic carbocycles. The van der Waals surface area contributed by atoms with E-state index in [1.807, 2.05) is 25.1 Å². The third-order valence-corrected chi connectivity index (χ3v) is 7.24. The molecular formula is C25H35ClN4O5S. The molecular weight excluding hydrogens is 504 g/mol. The molecule has 0 amide bonds. The number of nitrogen functional groups attached to an aromatic ring is 1. The highest BCUT2D eigenvalue weighted by atomic mass is 35.5. The molecule has 0 radical (unpaired) electrons. The van der Waals surface area contributed by atoms with Crippen LogP contribution in [-0.4, -0.2) is 56.6 Å². The van der Waals surface area contributed by atoms with Crippen LogP contribution in [0.25, 0.3) is 0 Å². The van der Waals surface area contributed by atoms with Gasteiger partial charge in [-0.1, -0.05) is 13.0 Å². The molecule has 1 saturated heterocycles. The fourth-order valence-corrected chi connectivity index (χ4v) is 4.89. The lowest BCUT2D eigenvalue weighted by atomic mass is 10.0. The minimum Gasteiger partial charge on any atom is -0.490 e. The number of hydrogen-bond donors (Lipinski definition) is 3. The molecule has 0 saturated carbocycles. The SMILES string of the molecule is CCOC(=O)C(Nc1ccc(C(=N)N)cc1)c1cc(CC)cc(OC2CCN(S(C)(=O)=O)CC2)c1.Cl. The molecule has 0 aliphatic carbocycles. The van der Waals surface area contributed by atoms with Gasteiger partial charge in [0.2, 0.25) is 10.0 Å². The van der Waals surface area contributed by atoms with E-state index in [0.717, 1.165) is 12.0 Å². The van der Waals surface area contributed by atoms with Crippen LogP contribution in [0.15, 0.2) is 42.5 Å². The molecule has 9 nitrogen and oxygen atoms in total. The third kappa shape index (κ3) is 7.84. The number of rotatable bonds is 10. The number of nitrogens with zero attached hydrogens (tertiary/aromatic N) is 1. The summed E-state index contributed by atoms with van der Waals surface area (Å²) < 4.78 is 36.6. The van der Waals surface area contributed by atoms with E-state index < -0.39 is 22.0 Å². The Morgan fingerprint density at radius 3 is 2.33 bits per heavy atom. The van der Waals surface area contributed by atoms with E-state index in [2.05, 4.69) is 5.32 Å². The number of piperidine rings is 1. The zero-order chi connectivity index (χ0) is 25.6. The average molecular weight is 539 g/mol. The third-order valence-electron chi connectivity index (χ3n) is 5.93. The number of carbonyl (C=O) groups is 1. The number of sulfonamides is 1. The normalized spacial score (nSPS) is 15.4. The summed E-state index contributed by atoms with van der Waals surface area (Å²) in [6.07, 6.45) is 3.06. The standard InChI is InChI=1S/C25H34N4O5S.ClH/c1-4-17-14-19(16-22(15-17)34-21-10-12-29(13-11-21)35(3,31)32)23(25(30)33-5-2)28-20-8-6-18(7-9-20)24(26)27;/h6-9,14-16,21,23,28H,4-5,10-13H2,1-3H3,(H3,26,27);1H. The molecule has 0 spiro atoms. The van der Waals surface area contributed by atoms with E-state index in [0.29, 0.717) is 48.5 Å². The van der Waals surface area contributed by atoms with Gasteiger partial charge in [-0.15, -0.1) is 12.4 Å². The molecule has 2 aromatic rings. The Morgan fingerprint density at radius 2 is 1.81 bits per heavy atom. The Morgan fingerprint density at radius 1 is 1.17 bits per heavy atom. The van der Waals surface area contributed by atoms with Gasteiger partial charge in [-0.05, 0) is 73.7 Å². The van der Waals surface area contributed by atoms with E-state index in [9.17, 15) is 13.2 Å². The predicted molar refractivity (Wildman–Crippen MR) is 144 cm³/mol. The molecule has 3 rings (SSSR count). The van der Waals surface area contributed by atoms with Crippen molar-refractivity contribution in [3.8, 4) is 5.75 Å². The maximum absolute atomic E-state index is 12.9. The van der Waals surface area contributed by atoms with Gasteiger partial charge in [-0.3, -0.25) is 5.41 Å². The van der Waals surface area contributed by atoms with Crippen molar-refractivity contribution in [1.29, 1.82) is 5.41 Å². The van der Waals surface area contributed by atoms with Gasteiger partial charge < -0.3 is 20.5 Å². The summed E-state index contributed by atoms with van der Waals surface area (Å²) in [7, 11) is -3.20. The van der Waals surface area contributed by atoms with E-state index in [-0.39, 0.29) is 31.0 Å². The van der Waals surface area contributed by atoms with E-state index >= 15 is 0 Å². The molecule has 1 aliphatic heterocycles. The summed E-state index contributed by atoms with van der Waals surface area (Å²) in [6.45, 7) is 4.88. The summed E-state index contributed by atoms with van der Waals surface area (Å²) in [6, 6.07) is 11.9. The van der Waals surface area contributed by atoms with E-state index in [1.165, 1.54) is 10.6 Å². The highest BCUT2D eigenvalue weighted by Gasteiger charge is 2.27. The monoisotopic (exact) mass is 538 g/mol. The zero-order valence-electron chi connectivity index (χ0n) is 20.8. The second kappa shape index (κ2) is 12.9. The van der Waals surface area contributed by atoms with Crippen molar-refractivity contribution in [3.05, 3.63) is 59.2 Å². The van der Waals surface area contributed by atoms with Crippen molar-refractivity contribution in [1.82, 2.24) is 4.31 Å². The van der Waals surface area contributed by atoms with Crippen molar-refractivity contribution in [2.24, 2.45) is 5.73 Å². The number of nitrogens with one attached hydrogen (secondary N) is 2. The van der Waals surface area contributed by atoms with E-state index in [4.69, 9.17) is 20.6 Å². The minimum absolute atomic E-state index is 0. The molecule has 1 unspecified atom stereocenters. The van der Waals surface area contributed by atoms with Gasteiger partial charge in [0.25, 0.3) is 0 Å². The fourth-order valence-electron chi connectivity index (χ4n) is 4.02. The predicted octanol–water partition coefficient (Wildman–Crippen LogP) is 3.47. The van der Waals surface area contributed by atoms with Crippen molar-refractivity contribution < 1.29 is 22.7 Å². The number of anilines is 1. The highest BCUT2D eigenvalue weighted by molar-refractivity contribution is 7.88.